The largest absolute Gasteiger partial charge is 0.326 e. The van der Waals surface area contributed by atoms with Gasteiger partial charge >= 0.3 is 0 Å². The molecule has 0 fully saturated rings. The van der Waals surface area contributed by atoms with Gasteiger partial charge < -0.3 is 5.32 Å². The summed E-state index contributed by atoms with van der Waals surface area (Å²) in [6.45, 7) is 2.78. The number of hydrogen-bond donors (Lipinski definition) is 1. The number of fused-ring (bicyclic) bond motifs is 1. The summed E-state index contributed by atoms with van der Waals surface area (Å²) in [4.78, 5) is 13.4. The maximum atomic E-state index is 12.3. The summed E-state index contributed by atoms with van der Waals surface area (Å²) in [5.74, 6) is 0.858. The smallest absolute Gasteiger partial charge is 0.225 e. The molecule has 1 heterocycles. The summed E-state index contributed by atoms with van der Waals surface area (Å²) in [5.41, 5.74) is 2.85. The number of benzene rings is 2. The number of anilines is 1. The molecule has 0 saturated heterocycles. The van der Waals surface area contributed by atoms with Crippen LogP contribution in [0.4, 0.5) is 5.69 Å². The number of amides is 1. The van der Waals surface area contributed by atoms with Crippen molar-refractivity contribution in [3.8, 4) is 0 Å². The van der Waals surface area contributed by atoms with Crippen LogP contribution < -0.4 is 5.32 Å². The third kappa shape index (κ3) is 5.59. The highest BCUT2D eigenvalue weighted by molar-refractivity contribution is 7.99. The van der Waals surface area contributed by atoms with Crippen LogP contribution in [-0.4, -0.2) is 36.7 Å². The number of nitrogens with zero attached hydrogens (tertiary/aromatic N) is 1. The Labute approximate surface area is 171 Å². The molecule has 7 heteroatoms. The Kier molecular flexibility index (Phi) is 7.15. The summed E-state index contributed by atoms with van der Waals surface area (Å²) in [5, 5.41) is 2.94. The van der Waals surface area contributed by atoms with Gasteiger partial charge in [-0.05, 0) is 48.2 Å². The minimum absolute atomic E-state index is 0.0327. The van der Waals surface area contributed by atoms with E-state index >= 15 is 0 Å². The van der Waals surface area contributed by atoms with Gasteiger partial charge in [-0.1, -0.05) is 31.2 Å². The molecule has 2 aromatic carbocycles. The van der Waals surface area contributed by atoms with E-state index in [9.17, 15) is 13.2 Å². The normalized spacial score (nSPS) is 14.5. The summed E-state index contributed by atoms with van der Waals surface area (Å²) in [7, 11) is -3.21. The van der Waals surface area contributed by atoms with Crippen LogP contribution in [0.1, 0.15) is 30.9 Å². The number of carbonyl (C=O) groups is 1. The van der Waals surface area contributed by atoms with Crippen molar-refractivity contribution in [2.75, 3.05) is 23.4 Å². The van der Waals surface area contributed by atoms with E-state index in [1.165, 1.54) is 0 Å². The van der Waals surface area contributed by atoms with Gasteiger partial charge in [0.05, 0.1) is 5.75 Å². The van der Waals surface area contributed by atoms with Crippen LogP contribution in [0.3, 0.4) is 0 Å². The van der Waals surface area contributed by atoms with Crippen LogP contribution in [0, 0.1) is 0 Å². The zero-order valence-corrected chi connectivity index (χ0v) is 17.7. The number of thioether (sulfide) groups is 1. The minimum atomic E-state index is -3.21. The predicted octanol–water partition coefficient (Wildman–Crippen LogP) is 3.91. The van der Waals surface area contributed by atoms with Crippen LogP contribution >= 0.6 is 11.8 Å². The van der Waals surface area contributed by atoms with Crippen LogP contribution in [0.2, 0.25) is 0 Å². The van der Waals surface area contributed by atoms with E-state index in [4.69, 9.17) is 0 Å². The first-order chi connectivity index (χ1) is 13.5. The van der Waals surface area contributed by atoms with Crippen molar-refractivity contribution in [3.63, 3.8) is 0 Å². The molecule has 150 valence electrons. The molecule has 1 aliphatic heterocycles. The molecule has 0 bridgehead atoms. The third-order valence-electron chi connectivity index (χ3n) is 4.66. The highest BCUT2D eigenvalue weighted by Crippen LogP contribution is 2.25. The predicted molar refractivity (Wildman–Crippen MR) is 115 cm³/mol. The fourth-order valence-electron chi connectivity index (χ4n) is 3.24. The molecule has 5 nitrogen and oxygen atoms in total. The highest BCUT2D eigenvalue weighted by Gasteiger charge is 2.26. The second kappa shape index (κ2) is 9.58. The lowest BCUT2D eigenvalue weighted by atomic mass is 10.0. The van der Waals surface area contributed by atoms with Crippen molar-refractivity contribution >= 4 is 33.4 Å². The number of nitrogens with one attached hydrogen (secondary N) is 1. The fraction of sp³-hybridized carbons (Fsp3) is 0.381. The molecule has 0 aromatic heterocycles. The second-order valence-corrected chi connectivity index (χ2v) is 10.1. The standard InChI is InChI=1S/C21H26N2O3S2/c1-2-14-28(25,26)23-12-10-17-8-9-19(15-18(17)16-23)22-21(24)11-13-27-20-6-4-3-5-7-20/h3-9,15H,2,10-14,16H2,1H3,(H,22,24). The van der Waals surface area contributed by atoms with Gasteiger partial charge in [-0.2, -0.15) is 4.31 Å². The van der Waals surface area contributed by atoms with Gasteiger partial charge in [0.2, 0.25) is 15.9 Å². The minimum Gasteiger partial charge on any atom is -0.326 e. The van der Waals surface area contributed by atoms with Crippen LogP contribution in [0.5, 0.6) is 0 Å². The van der Waals surface area contributed by atoms with E-state index in [1.807, 2.05) is 55.5 Å². The van der Waals surface area contributed by atoms with Crippen molar-refractivity contribution in [1.82, 2.24) is 4.31 Å². The Bertz CT molecular complexity index is 915. The Morgan fingerprint density at radius 3 is 2.68 bits per heavy atom. The van der Waals surface area contributed by atoms with E-state index in [1.54, 1.807) is 16.1 Å². The number of rotatable bonds is 8. The molecule has 0 spiro atoms. The van der Waals surface area contributed by atoms with E-state index in [0.29, 0.717) is 38.1 Å². The van der Waals surface area contributed by atoms with Gasteiger partial charge in [0, 0.05) is 35.8 Å². The fourth-order valence-corrected chi connectivity index (χ4v) is 5.59. The average Bonchev–Trinajstić information content (AvgIpc) is 2.68. The van der Waals surface area contributed by atoms with Crippen molar-refractivity contribution in [2.45, 2.75) is 37.6 Å². The highest BCUT2D eigenvalue weighted by atomic mass is 32.2. The molecule has 3 rings (SSSR count). The van der Waals surface area contributed by atoms with E-state index in [0.717, 1.165) is 21.7 Å². The zero-order valence-electron chi connectivity index (χ0n) is 16.1. The van der Waals surface area contributed by atoms with Crippen LogP contribution in [0.25, 0.3) is 0 Å². The van der Waals surface area contributed by atoms with Crippen LogP contribution in [-0.2, 0) is 27.8 Å². The molecule has 28 heavy (non-hydrogen) atoms. The van der Waals surface area contributed by atoms with E-state index < -0.39 is 10.0 Å². The van der Waals surface area contributed by atoms with E-state index in [-0.39, 0.29) is 11.7 Å². The van der Waals surface area contributed by atoms with Crippen molar-refractivity contribution in [2.24, 2.45) is 0 Å². The third-order valence-corrected chi connectivity index (χ3v) is 7.70. The van der Waals surface area contributed by atoms with Gasteiger partial charge in [-0.25, -0.2) is 8.42 Å². The SMILES string of the molecule is CCCS(=O)(=O)N1CCc2ccc(NC(=O)CCSc3ccccc3)cc2C1. The first-order valence-electron chi connectivity index (χ1n) is 9.55. The summed E-state index contributed by atoms with van der Waals surface area (Å²) >= 11 is 1.66. The van der Waals surface area contributed by atoms with Crippen molar-refractivity contribution < 1.29 is 13.2 Å². The summed E-state index contributed by atoms with van der Waals surface area (Å²) in [6.07, 6.45) is 1.75. The zero-order chi connectivity index (χ0) is 20.0. The molecule has 0 saturated carbocycles. The van der Waals surface area contributed by atoms with Gasteiger partial charge in [0.15, 0.2) is 0 Å². The summed E-state index contributed by atoms with van der Waals surface area (Å²) < 4.78 is 26.3. The Morgan fingerprint density at radius 2 is 1.93 bits per heavy atom. The second-order valence-electron chi connectivity index (χ2n) is 6.84. The monoisotopic (exact) mass is 418 g/mol. The first-order valence-corrected chi connectivity index (χ1v) is 12.1. The molecule has 2 aromatic rings. The van der Waals surface area contributed by atoms with E-state index in [2.05, 4.69) is 5.32 Å². The summed E-state index contributed by atoms with van der Waals surface area (Å²) in [6, 6.07) is 15.8. The molecule has 1 amide bonds. The molecule has 0 aliphatic carbocycles. The maximum Gasteiger partial charge on any atom is 0.225 e. The van der Waals surface area contributed by atoms with Crippen LogP contribution in [0.15, 0.2) is 53.4 Å². The number of hydrogen-bond acceptors (Lipinski definition) is 4. The Hall–Kier alpha value is -1.83. The molecule has 0 atom stereocenters. The lowest BCUT2D eigenvalue weighted by molar-refractivity contribution is -0.115. The molecule has 0 radical (unpaired) electrons. The number of carbonyl (C=O) groups excluding carboxylic acids is 1. The average molecular weight is 419 g/mol. The molecular weight excluding hydrogens is 392 g/mol. The quantitative estimate of drug-likeness (QED) is 0.660. The first kappa shape index (κ1) is 20.9. The van der Waals surface area contributed by atoms with Crippen molar-refractivity contribution in [3.05, 3.63) is 59.7 Å². The number of sulfonamides is 1. The van der Waals surface area contributed by atoms with Gasteiger partial charge in [0.25, 0.3) is 0 Å². The Balaban J connectivity index is 1.57. The van der Waals surface area contributed by atoms with Gasteiger partial charge in [0.1, 0.15) is 0 Å². The Morgan fingerprint density at radius 1 is 1.14 bits per heavy atom. The maximum absolute atomic E-state index is 12.3. The molecule has 0 unspecified atom stereocenters. The molecule has 1 N–H and O–H groups in total. The molecule has 1 aliphatic rings. The lowest BCUT2D eigenvalue weighted by Crippen LogP contribution is -2.37. The lowest BCUT2D eigenvalue weighted by Gasteiger charge is -2.28. The van der Waals surface area contributed by atoms with Gasteiger partial charge in [-0.15, -0.1) is 11.8 Å². The van der Waals surface area contributed by atoms with Crippen molar-refractivity contribution in [1.29, 1.82) is 0 Å². The topological polar surface area (TPSA) is 66.5 Å². The van der Waals surface area contributed by atoms with Gasteiger partial charge in [-0.3, -0.25) is 4.79 Å². The molecular formula is C21H26N2O3S2.